The number of amides is 1. The molecule has 2 aromatic rings. The van der Waals surface area contributed by atoms with Crippen LogP contribution >= 0.6 is 0 Å². The molecule has 0 radical (unpaired) electrons. The number of nitrogens with zero attached hydrogens (tertiary/aromatic N) is 3. The summed E-state index contributed by atoms with van der Waals surface area (Å²) in [7, 11) is 1.65. The Hall–Kier alpha value is -2.61. The highest BCUT2D eigenvalue weighted by Crippen LogP contribution is 2.20. The Bertz CT molecular complexity index is 668. The minimum Gasteiger partial charge on any atom is -0.450 e. The van der Waals surface area contributed by atoms with Crippen LogP contribution in [0.5, 0.6) is 0 Å². The zero-order valence-corrected chi connectivity index (χ0v) is 11.0. The second-order valence-corrected chi connectivity index (χ2v) is 4.20. The maximum absolute atomic E-state index is 12.4. The van der Waals surface area contributed by atoms with Crippen LogP contribution < -0.4 is 4.90 Å². The van der Waals surface area contributed by atoms with Crippen molar-refractivity contribution >= 4 is 11.7 Å². The first-order chi connectivity index (χ1) is 9.04. The van der Waals surface area contributed by atoms with E-state index in [0.29, 0.717) is 17.1 Å². The summed E-state index contributed by atoms with van der Waals surface area (Å²) in [5, 5.41) is 8.78. The van der Waals surface area contributed by atoms with E-state index in [1.807, 2.05) is 25.1 Å². The van der Waals surface area contributed by atoms with Crippen LogP contribution in [-0.4, -0.2) is 17.9 Å². The molecule has 0 atom stereocenters. The highest BCUT2D eigenvalue weighted by atomic mass is 16.3. The van der Waals surface area contributed by atoms with Gasteiger partial charge < -0.3 is 4.42 Å². The number of carbonyl (C=O) groups is 1. The highest BCUT2D eigenvalue weighted by Gasteiger charge is 2.21. The van der Waals surface area contributed by atoms with Crippen LogP contribution in [0, 0.1) is 25.2 Å². The van der Waals surface area contributed by atoms with Crippen molar-refractivity contribution in [1.29, 1.82) is 5.26 Å². The van der Waals surface area contributed by atoms with Crippen LogP contribution in [0.15, 0.2) is 28.8 Å². The Kier molecular flexibility index (Phi) is 3.34. The first-order valence-corrected chi connectivity index (χ1v) is 5.74. The summed E-state index contributed by atoms with van der Waals surface area (Å²) >= 11 is 0. The van der Waals surface area contributed by atoms with Crippen LogP contribution in [0.1, 0.15) is 27.4 Å². The number of anilines is 1. The highest BCUT2D eigenvalue weighted by molar-refractivity contribution is 6.06. The lowest BCUT2D eigenvalue weighted by Crippen LogP contribution is -2.27. The molecule has 2 rings (SSSR count). The van der Waals surface area contributed by atoms with Gasteiger partial charge in [0.1, 0.15) is 17.6 Å². The molecule has 0 aromatic carbocycles. The number of hydrogen-bond donors (Lipinski definition) is 0. The van der Waals surface area contributed by atoms with Gasteiger partial charge in [-0.15, -0.1) is 0 Å². The summed E-state index contributed by atoms with van der Waals surface area (Å²) in [6.45, 7) is 3.54. The molecule has 0 fully saturated rings. The first kappa shape index (κ1) is 12.8. The number of carbonyl (C=O) groups excluding carboxylic acids is 1. The van der Waals surface area contributed by atoms with Crippen molar-refractivity contribution in [2.45, 2.75) is 13.8 Å². The quantitative estimate of drug-likeness (QED) is 0.826. The molecular formula is C14H13N3O2. The Morgan fingerprint density at radius 2 is 2.21 bits per heavy atom. The fourth-order valence-electron chi connectivity index (χ4n) is 1.85. The monoisotopic (exact) mass is 255 g/mol. The Labute approximate surface area is 111 Å². The van der Waals surface area contributed by atoms with E-state index >= 15 is 0 Å². The van der Waals surface area contributed by atoms with Crippen molar-refractivity contribution < 1.29 is 9.21 Å². The van der Waals surface area contributed by atoms with E-state index in [1.165, 1.54) is 11.0 Å². The average molecular weight is 255 g/mol. The number of nitriles is 1. The van der Waals surface area contributed by atoms with Gasteiger partial charge in [0.2, 0.25) is 5.76 Å². The molecule has 0 aliphatic heterocycles. The standard InChI is InChI=1S/C14H13N3O2/c1-9-5-4-6-16-13(9)17(3)14(18)12-7-11(8-15)19-10(12)2/h4-7H,1-3H3. The fourth-order valence-corrected chi connectivity index (χ4v) is 1.85. The van der Waals surface area contributed by atoms with Crippen molar-refractivity contribution in [1.82, 2.24) is 4.98 Å². The molecule has 1 amide bonds. The number of aromatic nitrogens is 1. The van der Waals surface area contributed by atoms with E-state index in [2.05, 4.69) is 4.98 Å². The van der Waals surface area contributed by atoms with Crippen molar-refractivity contribution in [2.24, 2.45) is 0 Å². The van der Waals surface area contributed by atoms with Crippen LogP contribution in [0.25, 0.3) is 0 Å². The molecule has 0 bridgehead atoms. The van der Waals surface area contributed by atoms with E-state index in [-0.39, 0.29) is 11.7 Å². The first-order valence-electron chi connectivity index (χ1n) is 5.74. The van der Waals surface area contributed by atoms with Gasteiger partial charge in [0.05, 0.1) is 5.56 Å². The van der Waals surface area contributed by atoms with E-state index in [9.17, 15) is 4.79 Å². The van der Waals surface area contributed by atoms with E-state index < -0.39 is 0 Å². The predicted molar refractivity (Wildman–Crippen MR) is 69.9 cm³/mol. The normalized spacial score (nSPS) is 10.0. The van der Waals surface area contributed by atoms with Crippen LogP contribution in [0.4, 0.5) is 5.82 Å². The maximum Gasteiger partial charge on any atom is 0.262 e. The van der Waals surface area contributed by atoms with Gasteiger partial charge in [-0.1, -0.05) is 6.07 Å². The third-order valence-electron chi connectivity index (χ3n) is 2.86. The third kappa shape index (κ3) is 2.33. The lowest BCUT2D eigenvalue weighted by atomic mass is 10.2. The topological polar surface area (TPSA) is 70.1 Å². The van der Waals surface area contributed by atoms with Gasteiger partial charge in [0.15, 0.2) is 0 Å². The molecule has 5 heteroatoms. The zero-order valence-electron chi connectivity index (χ0n) is 11.0. The summed E-state index contributed by atoms with van der Waals surface area (Å²) in [6, 6.07) is 7.03. The molecule has 0 N–H and O–H groups in total. The molecule has 2 heterocycles. The SMILES string of the molecule is Cc1cccnc1N(C)C(=O)c1cc(C#N)oc1C. The lowest BCUT2D eigenvalue weighted by Gasteiger charge is -2.17. The molecule has 5 nitrogen and oxygen atoms in total. The molecule has 0 aliphatic carbocycles. The van der Waals surface area contributed by atoms with Crippen molar-refractivity contribution in [2.75, 3.05) is 11.9 Å². The number of pyridine rings is 1. The molecule has 0 aliphatic rings. The molecular weight excluding hydrogens is 242 g/mol. The summed E-state index contributed by atoms with van der Waals surface area (Å²) in [4.78, 5) is 18.0. The predicted octanol–water partition coefficient (Wildman–Crippen LogP) is 2.44. The summed E-state index contributed by atoms with van der Waals surface area (Å²) in [6.07, 6.45) is 1.63. The minimum atomic E-state index is -0.246. The van der Waals surface area contributed by atoms with Crippen LogP contribution in [-0.2, 0) is 0 Å². The second kappa shape index (κ2) is 4.94. The summed E-state index contributed by atoms with van der Waals surface area (Å²) in [5.41, 5.74) is 1.28. The molecule has 0 spiro atoms. The number of rotatable bonds is 2. The Balaban J connectivity index is 2.37. The summed E-state index contributed by atoms with van der Waals surface area (Å²) < 4.78 is 5.17. The molecule has 96 valence electrons. The molecule has 0 saturated heterocycles. The molecule has 0 saturated carbocycles. The fraction of sp³-hybridized carbons (Fsp3) is 0.214. The lowest BCUT2D eigenvalue weighted by molar-refractivity contribution is 0.0990. The minimum absolute atomic E-state index is 0.131. The Morgan fingerprint density at radius 3 is 2.79 bits per heavy atom. The summed E-state index contributed by atoms with van der Waals surface area (Å²) in [5.74, 6) is 0.908. The van der Waals surface area contributed by atoms with Crippen molar-refractivity contribution in [3.05, 3.63) is 47.0 Å². The Morgan fingerprint density at radius 1 is 1.47 bits per heavy atom. The van der Waals surface area contributed by atoms with E-state index in [1.54, 1.807) is 20.2 Å². The van der Waals surface area contributed by atoms with Gasteiger partial charge in [0, 0.05) is 19.3 Å². The van der Waals surface area contributed by atoms with Gasteiger partial charge in [-0.2, -0.15) is 5.26 Å². The zero-order chi connectivity index (χ0) is 14.0. The largest absolute Gasteiger partial charge is 0.450 e. The maximum atomic E-state index is 12.4. The number of furan rings is 1. The van der Waals surface area contributed by atoms with Gasteiger partial charge >= 0.3 is 0 Å². The van der Waals surface area contributed by atoms with Crippen LogP contribution in [0.3, 0.4) is 0 Å². The van der Waals surface area contributed by atoms with Gasteiger partial charge in [-0.3, -0.25) is 9.69 Å². The van der Waals surface area contributed by atoms with Crippen molar-refractivity contribution in [3.63, 3.8) is 0 Å². The van der Waals surface area contributed by atoms with Gasteiger partial charge in [0.25, 0.3) is 5.91 Å². The van der Waals surface area contributed by atoms with Gasteiger partial charge in [-0.05, 0) is 25.5 Å². The average Bonchev–Trinajstić information content (AvgIpc) is 2.79. The molecule has 2 aromatic heterocycles. The van der Waals surface area contributed by atoms with E-state index in [4.69, 9.17) is 9.68 Å². The molecule has 19 heavy (non-hydrogen) atoms. The van der Waals surface area contributed by atoms with Crippen LogP contribution in [0.2, 0.25) is 0 Å². The third-order valence-corrected chi connectivity index (χ3v) is 2.86. The molecule has 0 unspecified atom stereocenters. The number of hydrogen-bond acceptors (Lipinski definition) is 4. The smallest absolute Gasteiger partial charge is 0.262 e. The number of aryl methyl sites for hydroxylation is 2. The van der Waals surface area contributed by atoms with E-state index in [0.717, 1.165) is 5.56 Å². The van der Waals surface area contributed by atoms with Gasteiger partial charge in [-0.25, -0.2) is 4.98 Å². The second-order valence-electron chi connectivity index (χ2n) is 4.20. The van der Waals surface area contributed by atoms with Crippen molar-refractivity contribution in [3.8, 4) is 6.07 Å².